The summed E-state index contributed by atoms with van der Waals surface area (Å²) >= 11 is 6.94. The Morgan fingerprint density at radius 1 is 1.33 bits per heavy atom. The van der Waals surface area contributed by atoms with Gasteiger partial charge in [-0.05, 0) is 34.7 Å². The molecule has 0 spiro atoms. The summed E-state index contributed by atoms with van der Waals surface area (Å²) < 4.78 is 41.4. The highest BCUT2D eigenvalue weighted by Crippen LogP contribution is 2.24. The van der Waals surface area contributed by atoms with Crippen LogP contribution < -0.4 is 10.2 Å². The summed E-state index contributed by atoms with van der Waals surface area (Å²) in [5.41, 5.74) is 1.70. The molecule has 8 nitrogen and oxygen atoms in total. The molecule has 0 radical (unpaired) electrons. The fourth-order valence-electron chi connectivity index (χ4n) is 2.82. The van der Waals surface area contributed by atoms with Crippen molar-refractivity contribution in [1.29, 1.82) is 0 Å². The van der Waals surface area contributed by atoms with E-state index in [9.17, 15) is 12.8 Å². The summed E-state index contributed by atoms with van der Waals surface area (Å²) in [5.74, 6) is -0.385. The lowest BCUT2D eigenvalue weighted by atomic mass is 10.2. The van der Waals surface area contributed by atoms with E-state index in [0.29, 0.717) is 52.8 Å². The average molecular weight is 524 g/mol. The van der Waals surface area contributed by atoms with Crippen molar-refractivity contribution >= 4 is 53.5 Å². The highest BCUT2D eigenvalue weighted by Gasteiger charge is 2.24. The van der Waals surface area contributed by atoms with E-state index in [0.717, 1.165) is 0 Å². The third-order valence-electron chi connectivity index (χ3n) is 4.19. The maximum absolute atomic E-state index is 14.6. The van der Waals surface area contributed by atoms with E-state index in [1.54, 1.807) is 18.3 Å². The molecule has 1 fully saturated rings. The van der Waals surface area contributed by atoms with E-state index < -0.39 is 10.0 Å². The van der Waals surface area contributed by atoms with Crippen LogP contribution in [0, 0.1) is 5.82 Å². The first kappa shape index (κ1) is 20.4. The Balaban J connectivity index is 1.70. The summed E-state index contributed by atoms with van der Waals surface area (Å²) in [6.07, 6.45) is 2.90. The molecule has 0 saturated carbocycles. The fraction of sp³-hybridized carbons (Fsp3) is 0.400. The number of halogens is 2. The molecule has 1 aromatic heterocycles. The van der Waals surface area contributed by atoms with E-state index in [2.05, 4.69) is 15.6 Å². The van der Waals surface area contributed by atoms with Gasteiger partial charge in [0.2, 0.25) is 10.0 Å². The average Bonchev–Trinajstić information content (AvgIpc) is 3.08. The highest BCUT2D eigenvalue weighted by atomic mass is 127. The SMILES string of the molecule is CS(=O)(=O)N1CCN(c2ccc(-n3cc(CNC(=S)I)nn3)cc2F)CC1. The molecule has 1 aliphatic heterocycles. The Morgan fingerprint density at radius 2 is 2.04 bits per heavy atom. The molecule has 2 heterocycles. The van der Waals surface area contributed by atoms with Gasteiger partial charge in [-0.1, -0.05) is 17.4 Å². The van der Waals surface area contributed by atoms with Crippen LogP contribution in [-0.2, 0) is 16.6 Å². The first-order chi connectivity index (χ1) is 12.7. The van der Waals surface area contributed by atoms with E-state index in [1.807, 2.05) is 27.5 Å². The number of aromatic nitrogens is 3. The molecule has 0 unspecified atom stereocenters. The first-order valence-electron chi connectivity index (χ1n) is 8.08. The summed E-state index contributed by atoms with van der Waals surface area (Å²) in [6, 6.07) is 4.84. The standard InChI is InChI=1S/C15H18FIN6O2S2/c1-27(24,25)22-6-4-21(5-7-22)14-3-2-12(8-13(14)16)23-10-11(19-20-23)9-18-15(17)26/h2-3,8,10H,4-7,9H2,1H3,(H,18,26). The van der Waals surface area contributed by atoms with Crippen molar-refractivity contribution in [3.63, 3.8) is 0 Å². The van der Waals surface area contributed by atoms with Gasteiger partial charge < -0.3 is 10.2 Å². The van der Waals surface area contributed by atoms with Crippen molar-refractivity contribution < 1.29 is 12.8 Å². The Bertz CT molecular complexity index is 944. The van der Waals surface area contributed by atoms with Gasteiger partial charge in [0, 0.05) is 32.2 Å². The van der Waals surface area contributed by atoms with Gasteiger partial charge in [-0.15, -0.1) is 5.10 Å². The van der Waals surface area contributed by atoms with Crippen LogP contribution in [0.5, 0.6) is 0 Å². The van der Waals surface area contributed by atoms with Crippen LogP contribution in [0.4, 0.5) is 10.1 Å². The number of piperazine rings is 1. The Hall–Kier alpha value is -1.38. The van der Waals surface area contributed by atoms with Crippen LogP contribution in [0.1, 0.15) is 5.69 Å². The minimum Gasteiger partial charge on any atom is -0.367 e. The lowest BCUT2D eigenvalue weighted by Crippen LogP contribution is -2.48. The predicted molar refractivity (Wildman–Crippen MR) is 113 cm³/mol. The number of thiocarbonyl (C=S) groups is 1. The van der Waals surface area contributed by atoms with Crippen LogP contribution in [0.25, 0.3) is 5.69 Å². The second kappa shape index (κ2) is 8.32. The highest BCUT2D eigenvalue weighted by molar-refractivity contribution is 14.1. The zero-order valence-corrected chi connectivity index (χ0v) is 18.3. The molecule has 0 atom stereocenters. The zero-order valence-electron chi connectivity index (χ0n) is 14.5. The van der Waals surface area contributed by atoms with Crippen LogP contribution in [0.15, 0.2) is 24.4 Å². The van der Waals surface area contributed by atoms with Crippen LogP contribution >= 0.6 is 34.8 Å². The monoisotopic (exact) mass is 524 g/mol. The minimum atomic E-state index is -3.21. The summed E-state index contributed by atoms with van der Waals surface area (Å²) in [5, 5.41) is 11.0. The second-order valence-electron chi connectivity index (χ2n) is 6.07. The lowest BCUT2D eigenvalue weighted by molar-refractivity contribution is 0.386. The summed E-state index contributed by atoms with van der Waals surface area (Å²) in [7, 11) is -3.21. The molecule has 27 heavy (non-hydrogen) atoms. The van der Waals surface area contributed by atoms with Gasteiger partial charge in [0.15, 0.2) is 0 Å². The molecule has 3 rings (SSSR count). The Labute approximate surface area is 175 Å². The number of rotatable bonds is 5. The summed E-state index contributed by atoms with van der Waals surface area (Å²) in [4.78, 5) is 1.85. The van der Waals surface area contributed by atoms with E-state index in [-0.39, 0.29) is 5.82 Å². The van der Waals surface area contributed by atoms with E-state index in [1.165, 1.54) is 21.3 Å². The molecule has 0 aliphatic carbocycles. The largest absolute Gasteiger partial charge is 0.367 e. The number of nitrogens with zero attached hydrogens (tertiary/aromatic N) is 5. The Morgan fingerprint density at radius 3 is 2.63 bits per heavy atom. The molecule has 2 aromatic rings. The Kier molecular flexibility index (Phi) is 6.28. The predicted octanol–water partition coefficient (Wildman–Crippen LogP) is 1.30. The number of anilines is 1. The molecule has 0 bridgehead atoms. The van der Waals surface area contributed by atoms with Gasteiger partial charge in [-0.3, -0.25) is 0 Å². The third kappa shape index (κ3) is 5.12. The molecule has 1 aromatic carbocycles. The third-order valence-corrected chi connectivity index (χ3v) is 6.02. The number of benzene rings is 1. The van der Waals surface area contributed by atoms with Crippen LogP contribution in [0.2, 0.25) is 0 Å². The van der Waals surface area contributed by atoms with Crippen molar-refractivity contribution in [2.45, 2.75) is 6.54 Å². The maximum Gasteiger partial charge on any atom is 0.211 e. The minimum absolute atomic E-state index is 0.345. The smallest absolute Gasteiger partial charge is 0.211 e. The van der Waals surface area contributed by atoms with Gasteiger partial charge in [0.25, 0.3) is 0 Å². The van der Waals surface area contributed by atoms with Crippen molar-refractivity contribution in [3.8, 4) is 5.69 Å². The second-order valence-corrected chi connectivity index (χ2v) is 10.3. The zero-order chi connectivity index (χ0) is 19.6. The first-order valence-corrected chi connectivity index (χ1v) is 11.4. The van der Waals surface area contributed by atoms with Crippen molar-refractivity contribution in [2.24, 2.45) is 0 Å². The van der Waals surface area contributed by atoms with Crippen molar-refractivity contribution in [2.75, 3.05) is 37.3 Å². The molecule has 1 aliphatic rings. The molecule has 146 valence electrons. The van der Waals surface area contributed by atoms with Gasteiger partial charge in [-0.25, -0.2) is 17.5 Å². The molecule has 12 heteroatoms. The van der Waals surface area contributed by atoms with E-state index >= 15 is 0 Å². The molecular weight excluding hydrogens is 506 g/mol. The van der Waals surface area contributed by atoms with Crippen LogP contribution in [0.3, 0.4) is 0 Å². The molecule has 1 saturated heterocycles. The molecule has 1 N–H and O–H groups in total. The number of hydrogen-bond acceptors (Lipinski definition) is 6. The van der Waals surface area contributed by atoms with Gasteiger partial charge in [0.1, 0.15) is 14.5 Å². The number of sulfonamides is 1. The molecular formula is C15H18FIN6O2S2. The van der Waals surface area contributed by atoms with Crippen LogP contribution in [-0.4, -0.2) is 63.1 Å². The number of hydrogen-bond donors (Lipinski definition) is 1. The van der Waals surface area contributed by atoms with Gasteiger partial charge in [-0.2, -0.15) is 4.31 Å². The quantitative estimate of drug-likeness (QED) is 0.273. The van der Waals surface area contributed by atoms with Crippen molar-refractivity contribution in [3.05, 3.63) is 35.9 Å². The fourth-order valence-corrected chi connectivity index (χ4v) is 3.91. The molecule has 0 amide bonds. The van der Waals surface area contributed by atoms with Gasteiger partial charge >= 0.3 is 0 Å². The lowest BCUT2D eigenvalue weighted by Gasteiger charge is -2.34. The van der Waals surface area contributed by atoms with Gasteiger partial charge in [0.05, 0.1) is 30.4 Å². The van der Waals surface area contributed by atoms with E-state index in [4.69, 9.17) is 12.2 Å². The maximum atomic E-state index is 14.6. The topological polar surface area (TPSA) is 83.4 Å². The number of nitrogens with one attached hydrogen (secondary N) is 1. The van der Waals surface area contributed by atoms with Crippen molar-refractivity contribution in [1.82, 2.24) is 24.6 Å². The summed E-state index contributed by atoms with van der Waals surface area (Å²) in [6.45, 7) is 2.03. The normalized spacial score (nSPS) is 15.7.